The second-order valence-corrected chi connectivity index (χ2v) is 3.57. The van der Waals surface area contributed by atoms with Crippen molar-refractivity contribution in [2.24, 2.45) is 0 Å². The highest BCUT2D eigenvalue weighted by atomic mass is 127. The number of halogens is 1. The van der Waals surface area contributed by atoms with E-state index >= 15 is 0 Å². The summed E-state index contributed by atoms with van der Waals surface area (Å²) in [5, 5.41) is 0. The lowest BCUT2D eigenvalue weighted by atomic mass is 10.2. The summed E-state index contributed by atoms with van der Waals surface area (Å²) in [6.45, 7) is 2.39. The van der Waals surface area contributed by atoms with Crippen LogP contribution in [0.1, 0.15) is 5.56 Å². The van der Waals surface area contributed by atoms with Crippen molar-refractivity contribution in [3.05, 3.63) is 21.3 Å². The first kappa shape index (κ1) is 7.21. The second-order valence-electron chi connectivity index (χ2n) is 2.41. The van der Waals surface area contributed by atoms with Crippen LogP contribution in [0.3, 0.4) is 0 Å². The third-order valence-corrected chi connectivity index (χ3v) is 2.89. The van der Waals surface area contributed by atoms with Crippen LogP contribution in [0.15, 0.2) is 12.1 Å². The Balaban J connectivity index is 2.62. The van der Waals surface area contributed by atoms with Crippen LogP contribution in [0, 0.1) is 10.5 Å². The van der Waals surface area contributed by atoms with Gasteiger partial charge in [-0.1, -0.05) is 0 Å². The monoisotopic (exact) mass is 262 g/mol. The molecular formula is C8H7IO2. The minimum Gasteiger partial charge on any atom is -0.454 e. The van der Waals surface area contributed by atoms with E-state index in [-0.39, 0.29) is 0 Å². The highest BCUT2D eigenvalue weighted by Crippen LogP contribution is 2.37. The SMILES string of the molecule is Cc1c(I)ccc2c1OCO2. The van der Waals surface area contributed by atoms with Crippen molar-refractivity contribution in [1.82, 2.24) is 0 Å². The molecule has 0 amide bonds. The predicted octanol–water partition coefficient (Wildman–Crippen LogP) is 2.33. The van der Waals surface area contributed by atoms with Crippen molar-refractivity contribution >= 4 is 22.6 Å². The molecule has 58 valence electrons. The van der Waals surface area contributed by atoms with E-state index in [2.05, 4.69) is 22.6 Å². The predicted molar refractivity (Wildman–Crippen MR) is 50.0 cm³/mol. The van der Waals surface area contributed by atoms with Gasteiger partial charge >= 0.3 is 0 Å². The molecule has 0 saturated heterocycles. The molecule has 1 aromatic carbocycles. The van der Waals surface area contributed by atoms with E-state index in [1.807, 2.05) is 19.1 Å². The van der Waals surface area contributed by atoms with Gasteiger partial charge in [0.1, 0.15) is 0 Å². The summed E-state index contributed by atoms with van der Waals surface area (Å²) >= 11 is 2.28. The van der Waals surface area contributed by atoms with Crippen molar-refractivity contribution in [3.63, 3.8) is 0 Å². The summed E-state index contributed by atoms with van der Waals surface area (Å²) in [6.07, 6.45) is 0. The van der Waals surface area contributed by atoms with Crippen molar-refractivity contribution in [2.75, 3.05) is 6.79 Å². The summed E-state index contributed by atoms with van der Waals surface area (Å²) in [5.74, 6) is 1.76. The maximum Gasteiger partial charge on any atom is 0.231 e. The van der Waals surface area contributed by atoms with E-state index in [1.165, 1.54) is 9.13 Å². The molecule has 0 unspecified atom stereocenters. The Morgan fingerprint density at radius 2 is 2.18 bits per heavy atom. The third-order valence-electron chi connectivity index (χ3n) is 1.72. The Morgan fingerprint density at radius 3 is 3.00 bits per heavy atom. The number of hydrogen-bond acceptors (Lipinski definition) is 2. The first-order valence-corrected chi connectivity index (χ1v) is 4.41. The van der Waals surface area contributed by atoms with Crippen LogP contribution in [0.2, 0.25) is 0 Å². The standard InChI is InChI=1S/C8H7IO2/c1-5-6(9)2-3-7-8(5)11-4-10-7/h2-3H,4H2,1H3. The molecule has 1 aromatic rings. The highest BCUT2D eigenvalue weighted by Gasteiger charge is 2.16. The molecule has 0 saturated carbocycles. The fourth-order valence-corrected chi connectivity index (χ4v) is 1.51. The van der Waals surface area contributed by atoms with E-state index in [0.29, 0.717) is 6.79 Å². The zero-order valence-corrected chi connectivity index (χ0v) is 8.21. The van der Waals surface area contributed by atoms with Crippen LogP contribution in [0.25, 0.3) is 0 Å². The Labute approximate surface area is 78.6 Å². The lowest BCUT2D eigenvalue weighted by molar-refractivity contribution is 0.173. The lowest BCUT2D eigenvalue weighted by Crippen LogP contribution is -1.93. The van der Waals surface area contributed by atoms with Gasteiger partial charge < -0.3 is 9.47 Å². The third kappa shape index (κ3) is 1.07. The molecule has 0 atom stereocenters. The van der Waals surface area contributed by atoms with E-state index < -0.39 is 0 Å². The molecule has 2 nitrogen and oxygen atoms in total. The van der Waals surface area contributed by atoms with E-state index in [1.54, 1.807) is 0 Å². The van der Waals surface area contributed by atoms with Crippen molar-refractivity contribution in [2.45, 2.75) is 6.92 Å². The zero-order chi connectivity index (χ0) is 7.84. The summed E-state index contributed by atoms with van der Waals surface area (Å²) in [5.41, 5.74) is 1.17. The fraction of sp³-hybridized carbons (Fsp3) is 0.250. The Bertz CT molecular complexity index is 296. The summed E-state index contributed by atoms with van der Waals surface area (Å²) < 4.78 is 11.7. The minimum atomic E-state index is 0.357. The van der Waals surface area contributed by atoms with Crippen LogP contribution in [-0.4, -0.2) is 6.79 Å². The van der Waals surface area contributed by atoms with Crippen molar-refractivity contribution in [1.29, 1.82) is 0 Å². The number of fused-ring (bicyclic) bond motifs is 1. The van der Waals surface area contributed by atoms with Gasteiger partial charge in [0, 0.05) is 9.13 Å². The fourth-order valence-electron chi connectivity index (χ4n) is 1.09. The molecular weight excluding hydrogens is 255 g/mol. The summed E-state index contributed by atoms with van der Waals surface area (Å²) in [4.78, 5) is 0. The van der Waals surface area contributed by atoms with Crippen molar-refractivity contribution in [3.8, 4) is 11.5 Å². The molecule has 0 fully saturated rings. The average molecular weight is 262 g/mol. The first-order chi connectivity index (χ1) is 5.29. The van der Waals surface area contributed by atoms with Gasteiger partial charge in [-0.25, -0.2) is 0 Å². The Kier molecular flexibility index (Phi) is 1.67. The Hall–Kier alpha value is -0.450. The lowest BCUT2D eigenvalue weighted by Gasteiger charge is -2.01. The van der Waals surface area contributed by atoms with Gasteiger partial charge in [0.05, 0.1) is 0 Å². The largest absolute Gasteiger partial charge is 0.454 e. The molecule has 1 aliphatic rings. The van der Waals surface area contributed by atoms with Gasteiger partial charge in [0.25, 0.3) is 0 Å². The molecule has 0 N–H and O–H groups in total. The molecule has 11 heavy (non-hydrogen) atoms. The molecule has 3 heteroatoms. The number of benzene rings is 1. The maximum absolute atomic E-state index is 5.28. The first-order valence-electron chi connectivity index (χ1n) is 3.34. The molecule has 1 heterocycles. The van der Waals surface area contributed by atoms with Gasteiger partial charge in [0.2, 0.25) is 6.79 Å². The van der Waals surface area contributed by atoms with Gasteiger partial charge in [-0.2, -0.15) is 0 Å². The molecule has 0 spiro atoms. The molecule has 1 aliphatic heterocycles. The van der Waals surface area contributed by atoms with Gasteiger partial charge in [0.15, 0.2) is 11.5 Å². The van der Waals surface area contributed by atoms with Crippen LogP contribution in [0.5, 0.6) is 11.5 Å². The molecule has 0 aliphatic carbocycles. The zero-order valence-electron chi connectivity index (χ0n) is 6.06. The van der Waals surface area contributed by atoms with Crippen LogP contribution in [0.4, 0.5) is 0 Å². The molecule has 2 rings (SSSR count). The van der Waals surface area contributed by atoms with Crippen LogP contribution >= 0.6 is 22.6 Å². The highest BCUT2D eigenvalue weighted by molar-refractivity contribution is 14.1. The summed E-state index contributed by atoms with van der Waals surface area (Å²) in [7, 11) is 0. The molecule has 0 radical (unpaired) electrons. The maximum atomic E-state index is 5.28. The Morgan fingerprint density at radius 1 is 1.36 bits per heavy atom. The van der Waals surface area contributed by atoms with Crippen LogP contribution < -0.4 is 9.47 Å². The van der Waals surface area contributed by atoms with Crippen LogP contribution in [-0.2, 0) is 0 Å². The van der Waals surface area contributed by atoms with Gasteiger partial charge in [-0.05, 0) is 41.6 Å². The van der Waals surface area contributed by atoms with Crippen molar-refractivity contribution < 1.29 is 9.47 Å². The number of ether oxygens (including phenoxy) is 2. The summed E-state index contributed by atoms with van der Waals surface area (Å²) in [6, 6.07) is 3.97. The van der Waals surface area contributed by atoms with E-state index in [9.17, 15) is 0 Å². The molecule has 0 bridgehead atoms. The average Bonchev–Trinajstić information content (AvgIpc) is 2.45. The number of hydrogen-bond donors (Lipinski definition) is 0. The van der Waals surface area contributed by atoms with Gasteiger partial charge in [-0.15, -0.1) is 0 Å². The van der Waals surface area contributed by atoms with Gasteiger partial charge in [-0.3, -0.25) is 0 Å². The smallest absolute Gasteiger partial charge is 0.231 e. The normalized spacial score (nSPS) is 13.6. The van der Waals surface area contributed by atoms with E-state index in [4.69, 9.17) is 9.47 Å². The number of rotatable bonds is 0. The van der Waals surface area contributed by atoms with E-state index in [0.717, 1.165) is 11.5 Å². The second kappa shape index (κ2) is 2.55. The quantitative estimate of drug-likeness (QED) is 0.668. The topological polar surface area (TPSA) is 18.5 Å². The molecule has 0 aromatic heterocycles. The minimum absolute atomic E-state index is 0.357.